The van der Waals surface area contributed by atoms with Crippen LogP contribution in [0.25, 0.3) is 0 Å². The Morgan fingerprint density at radius 3 is 2.38 bits per heavy atom. The zero-order valence-corrected chi connectivity index (χ0v) is 22.6. The van der Waals surface area contributed by atoms with Crippen molar-refractivity contribution >= 4 is 38.9 Å². The zero-order chi connectivity index (χ0) is 24.6. The zero-order valence-electron chi connectivity index (χ0n) is 20.2. The number of halogens is 1. The van der Waals surface area contributed by atoms with Gasteiger partial charge in [-0.3, -0.25) is 4.79 Å². The Balaban J connectivity index is 1.43. The van der Waals surface area contributed by atoms with Crippen LogP contribution in [0.3, 0.4) is 0 Å². The lowest BCUT2D eigenvalue weighted by Gasteiger charge is -2.08. The Labute approximate surface area is 211 Å². The summed E-state index contributed by atoms with van der Waals surface area (Å²) in [5.41, 5.74) is 7.73. The molecule has 0 radical (unpaired) electrons. The van der Waals surface area contributed by atoms with Crippen molar-refractivity contribution in [2.75, 3.05) is 5.32 Å². The highest BCUT2D eigenvalue weighted by Gasteiger charge is 2.18. The second-order valence-corrected chi connectivity index (χ2v) is 10.2. The monoisotopic (exact) mass is 541 g/mol. The van der Waals surface area contributed by atoms with Crippen LogP contribution in [-0.2, 0) is 13.3 Å². The van der Waals surface area contributed by atoms with Crippen LogP contribution < -0.4 is 10.1 Å². The quantitative estimate of drug-likeness (QED) is 0.307. The van der Waals surface area contributed by atoms with E-state index in [2.05, 4.69) is 51.4 Å². The summed E-state index contributed by atoms with van der Waals surface area (Å²) in [5, 5.41) is 14.2. The summed E-state index contributed by atoms with van der Waals surface area (Å²) >= 11 is 4.97. The summed E-state index contributed by atoms with van der Waals surface area (Å²) in [6.07, 6.45) is 0. The molecule has 0 bridgehead atoms. The molecule has 0 atom stereocenters. The number of hydrogen-bond donors (Lipinski definition) is 1. The van der Waals surface area contributed by atoms with Crippen molar-refractivity contribution in [1.82, 2.24) is 19.6 Å². The molecule has 0 fully saturated rings. The van der Waals surface area contributed by atoms with Gasteiger partial charge in [-0.15, -0.1) is 11.3 Å². The molecule has 1 amide bonds. The number of hydrogen-bond acceptors (Lipinski definition) is 5. The SMILES string of the molecule is Cc1ccc(OCc2csc(C(=O)Nc3c(C)nn(Cn4nc(C)c(Br)c4C)c3C)c2)cc1C. The van der Waals surface area contributed by atoms with E-state index in [0.29, 0.717) is 18.2 Å². The second kappa shape index (κ2) is 9.76. The average molecular weight is 543 g/mol. The highest BCUT2D eigenvalue weighted by Crippen LogP contribution is 2.25. The van der Waals surface area contributed by atoms with Crippen molar-refractivity contribution in [3.63, 3.8) is 0 Å². The summed E-state index contributed by atoms with van der Waals surface area (Å²) in [6, 6.07) is 7.93. The first kappa shape index (κ1) is 24.2. The molecule has 4 rings (SSSR count). The minimum Gasteiger partial charge on any atom is -0.489 e. The minimum absolute atomic E-state index is 0.151. The number of aryl methyl sites for hydroxylation is 4. The molecule has 0 saturated heterocycles. The third-order valence-electron chi connectivity index (χ3n) is 5.94. The smallest absolute Gasteiger partial charge is 0.265 e. The molecule has 178 valence electrons. The molecule has 1 aromatic carbocycles. The van der Waals surface area contributed by atoms with Crippen LogP contribution in [0.2, 0.25) is 0 Å². The van der Waals surface area contributed by atoms with E-state index in [1.54, 1.807) is 0 Å². The number of carbonyl (C=O) groups excluding carboxylic acids is 1. The minimum atomic E-state index is -0.151. The van der Waals surface area contributed by atoms with Gasteiger partial charge in [0.1, 0.15) is 19.0 Å². The summed E-state index contributed by atoms with van der Waals surface area (Å²) < 4.78 is 10.7. The van der Waals surface area contributed by atoms with Crippen molar-refractivity contribution < 1.29 is 9.53 Å². The average Bonchev–Trinajstić information content (AvgIpc) is 3.45. The lowest BCUT2D eigenvalue weighted by Crippen LogP contribution is -2.15. The van der Waals surface area contributed by atoms with E-state index < -0.39 is 0 Å². The van der Waals surface area contributed by atoms with Crippen molar-refractivity contribution in [2.24, 2.45) is 0 Å². The molecule has 9 heteroatoms. The van der Waals surface area contributed by atoms with Crippen LogP contribution in [0.4, 0.5) is 5.69 Å². The van der Waals surface area contributed by atoms with Gasteiger partial charge in [0.25, 0.3) is 5.91 Å². The van der Waals surface area contributed by atoms with Gasteiger partial charge in [0.05, 0.1) is 37.8 Å². The number of aromatic nitrogens is 4. The number of rotatable bonds is 7. The van der Waals surface area contributed by atoms with Crippen molar-refractivity contribution in [2.45, 2.75) is 54.8 Å². The summed E-state index contributed by atoms with van der Waals surface area (Å²) in [6.45, 7) is 12.9. The summed E-state index contributed by atoms with van der Waals surface area (Å²) in [4.78, 5) is 13.6. The maximum atomic E-state index is 13.0. The summed E-state index contributed by atoms with van der Waals surface area (Å²) in [7, 11) is 0. The maximum absolute atomic E-state index is 13.0. The van der Waals surface area contributed by atoms with Gasteiger partial charge in [0, 0.05) is 5.56 Å². The summed E-state index contributed by atoms with van der Waals surface area (Å²) in [5.74, 6) is 0.677. The van der Waals surface area contributed by atoms with Gasteiger partial charge in [0.15, 0.2) is 0 Å². The predicted molar refractivity (Wildman–Crippen MR) is 139 cm³/mol. The number of anilines is 1. The Kier molecular flexibility index (Phi) is 6.95. The van der Waals surface area contributed by atoms with Crippen molar-refractivity contribution in [1.29, 1.82) is 0 Å². The van der Waals surface area contributed by atoms with Crippen molar-refractivity contribution in [3.8, 4) is 5.75 Å². The lowest BCUT2D eigenvalue weighted by atomic mass is 10.1. The highest BCUT2D eigenvalue weighted by molar-refractivity contribution is 9.10. The molecule has 3 aromatic heterocycles. The van der Waals surface area contributed by atoms with Crippen LogP contribution in [0.5, 0.6) is 5.75 Å². The lowest BCUT2D eigenvalue weighted by molar-refractivity contribution is 0.103. The molecule has 0 aliphatic heterocycles. The standard InChI is InChI=1S/C25H28BrN5O2S/c1-14-7-8-21(9-15(14)2)33-11-20-10-22(34-12-20)25(32)27-24-17(4)29-31(19(24)6)13-30-18(5)23(26)16(3)28-30/h7-10,12H,11,13H2,1-6H3,(H,27,32). The first-order valence-corrected chi connectivity index (χ1v) is 12.6. The fourth-order valence-corrected chi connectivity index (χ4v) is 4.75. The molecule has 0 aliphatic rings. The molecule has 0 saturated carbocycles. The number of nitrogens with zero attached hydrogens (tertiary/aromatic N) is 4. The Bertz CT molecular complexity index is 1370. The molecule has 34 heavy (non-hydrogen) atoms. The second-order valence-electron chi connectivity index (χ2n) is 8.48. The Hall–Kier alpha value is -2.91. The number of nitrogens with one attached hydrogen (secondary N) is 1. The van der Waals surface area contributed by atoms with E-state index >= 15 is 0 Å². The Morgan fingerprint density at radius 1 is 1.00 bits per heavy atom. The van der Waals surface area contributed by atoms with Gasteiger partial charge >= 0.3 is 0 Å². The maximum Gasteiger partial charge on any atom is 0.265 e. The van der Waals surface area contributed by atoms with E-state index in [4.69, 9.17) is 4.74 Å². The van der Waals surface area contributed by atoms with Gasteiger partial charge in [-0.1, -0.05) is 6.07 Å². The van der Waals surface area contributed by atoms with E-state index in [9.17, 15) is 4.79 Å². The molecule has 3 heterocycles. The van der Waals surface area contributed by atoms with E-state index in [1.165, 1.54) is 22.5 Å². The van der Waals surface area contributed by atoms with Crippen molar-refractivity contribution in [3.05, 3.63) is 78.5 Å². The molecular formula is C25H28BrN5O2S. The first-order chi connectivity index (χ1) is 16.1. The number of carbonyl (C=O) groups is 1. The fraction of sp³-hybridized carbons (Fsp3) is 0.320. The van der Waals surface area contributed by atoms with Gasteiger partial charge in [-0.25, -0.2) is 9.36 Å². The number of benzene rings is 1. The normalized spacial score (nSPS) is 11.1. The number of amides is 1. The third kappa shape index (κ3) is 4.95. The van der Waals surface area contributed by atoms with Crippen LogP contribution in [0, 0.1) is 41.5 Å². The van der Waals surface area contributed by atoms with E-state index in [0.717, 1.165) is 44.2 Å². The van der Waals surface area contributed by atoms with Gasteiger partial charge in [-0.2, -0.15) is 10.2 Å². The van der Waals surface area contributed by atoms with E-state index in [1.807, 2.05) is 60.6 Å². The number of thiophene rings is 1. The first-order valence-electron chi connectivity index (χ1n) is 11.0. The highest BCUT2D eigenvalue weighted by atomic mass is 79.9. The number of ether oxygens (including phenoxy) is 1. The topological polar surface area (TPSA) is 74.0 Å². The largest absolute Gasteiger partial charge is 0.489 e. The molecular weight excluding hydrogens is 514 g/mol. The fourth-order valence-electron chi connectivity index (χ4n) is 3.67. The van der Waals surface area contributed by atoms with Crippen LogP contribution >= 0.6 is 27.3 Å². The van der Waals surface area contributed by atoms with Gasteiger partial charge in [-0.05, 0) is 92.2 Å². The van der Waals surface area contributed by atoms with Crippen LogP contribution in [0.15, 0.2) is 34.1 Å². The third-order valence-corrected chi connectivity index (χ3v) is 8.07. The van der Waals surface area contributed by atoms with Gasteiger partial charge < -0.3 is 10.1 Å². The molecule has 0 unspecified atom stereocenters. The van der Waals surface area contributed by atoms with Crippen LogP contribution in [0.1, 0.15) is 49.1 Å². The predicted octanol–water partition coefficient (Wildman–Crippen LogP) is 6.09. The molecule has 4 aromatic rings. The van der Waals surface area contributed by atoms with E-state index in [-0.39, 0.29) is 5.91 Å². The Morgan fingerprint density at radius 2 is 1.71 bits per heavy atom. The molecule has 0 spiro atoms. The molecule has 1 N–H and O–H groups in total. The van der Waals surface area contributed by atoms with Gasteiger partial charge in [0.2, 0.25) is 0 Å². The molecule has 0 aliphatic carbocycles. The molecule has 7 nitrogen and oxygen atoms in total. The van der Waals surface area contributed by atoms with Crippen LogP contribution in [-0.4, -0.2) is 25.5 Å².